The van der Waals surface area contributed by atoms with Gasteiger partial charge in [-0.1, -0.05) is 13.0 Å². The maximum atomic E-state index is 5.43. The number of ether oxygens (including phenoxy) is 2. The number of aliphatic imine (C=N–C) groups is 1. The summed E-state index contributed by atoms with van der Waals surface area (Å²) < 4.78 is 10.8. The molecule has 1 aromatic carbocycles. The number of hydrogen-bond donors (Lipinski definition) is 2. The Balaban J connectivity index is 0.00000261. The standard InChI is InChI=1S/C20H32N4O2.HI/c1-3-21-20(22-9-4-10-24-11-7-16(2)8-12-24)23-14-17-5-6-18-19(13-17)26-15-25-18;/h5-6,13,16H,3-4,7-12,14-15H2,1-2H3,(H2,21,22,23);1H. The van der Waals surface area contributed by atoms with Crippen molar-refractivity contribution >= 4 is 29.9 Å². The lowest BCUT2D eigenvalue weighted by atomic mass is 9.99. The molecule has 1 saturated heterocycles. The van der Waals surface area contributed by atoms with Crippen molar-refractivity contribution in [3.63, 3.8) is 0 Å². The Morgan fingerprint density at radius 2 is 1.96 bits per heavy atom. The highest BCUT2D eigenvalue weighted by molar-refractivity contribution is 14.0. The van der Waals surface area contributed by atoms with E-state index >= 15 is 0 Å². The summed E-state index contributed by atoms with van der Waals surface area (Å²) in [7, 11) is 0. The minimum atomic E-state index is 0. The van der Waals surface area contributed by atoms with Crippen molar-refractivity contribution in [2.75, 3.05) is 39.5 Å². The van der Waals surface area contributed by atoms with Crippen molar-refractivity contribution in [1.29, 1.82) is 0 Å². The Labute approximate surface area is 180 Å². The van der Waals surface area contributed by atoms with Crippen LogP contribution in [0.2, 0.25) is 0 Å². The molecular formula is C20H33IN4O2. The first-order chi connectivity index (χ1) is 12.7. The zero-order chi connectivity index (χ0) is 18.2. The van der Waals surface area contributed by atoms with Gasteiger partial charge in [0, 0.05) is 13.1 Å². The van der Waals surface area contributed by atoms with E-state index in [-0.39, 0.29) is 24.0 Å². The molecule has 2 aliphatic heterocycles. The van der Waals surface area contributed by atoms with Crippen LogP contribution in [0.5, 0.6) is 11.5 Å². The first kappa shape index (κ1) is 22.1. The number of rotatable bonds is 7. The molecule has 0 aliphatic carbocycles. The summed E-state index contributed by atoms with van der Waals surface area (Å²) in [5.74, 6) is 3.40. The Bertz CT molecular complexity index is 604. The highest BCUT2D eigenvalue weighted by atomic mass is 127. The molecule has 27 heavy (non-hydrogen) atoms. The van der Waals surface area contributed by atoms with E-state index in [0.29, 0.717) is 13.3 Å². The molecule has 2 heterocycles. The maximum absolute atomic E-state index is 5.43. The van der Waals surface area contributed by atoms with Gasteiger partial charge in [0.15, 0.2) is 17.5 Å². The number of nitrogens with zero attached hydrogens (tertiary/aromatic N) is 2. The number of halogens is 1. The molecule has 2 aliphatic rings. The third-order valence-corrected chi connectivity index (χ3v) is 5.02. The van der Waals surface area contributed by atoms with E-state index < -0.39 is 0 Å². The van der Waals surface area contributed by atoms with Crippen LogP contribution in [-0.2, 0) is 6.54 Å². The molecule has 0 aromatic heterocycles. The summed E-state index contributed by atoms with van der Waals surface area (Å²) in [6.07, 6.45) is 3.82. The van der Waals surface area contributed by atoms with E-state index in [1.54, 1.807) is 0 Å². The molecule has 1 fully saturated rings. The number of likely N-dealkylation sites (tertiary alicyclic amines) is 1. The smallest absolute Gasteiger partial charge is 0.231 e. The van der Waals surface area contributed by atoms with Crippen molar-refractivity contribution in [3.05, 3.63) is 23.8 Å². The van der Waals surface area contributed by atoms with E-state index in [2.05, 4.69) is 34.4 Å². The number of benzene rings is 1. The van der Waals surface area contributed by atoms with Crippen molar-refractivity contribution in [2.24, 2.45) is 10.9 Å². The van der Waals surface area contributed by atoms with Gasteiger partial charge in [-0.2, -0.15) is 0 Å². The van der Waals surface area contributed by atoms with Crippen LogP contribution in [0.15, 0.2) is 23.2 Å². The molecule has 2 N–H and O–H groups in total. The van der Waals surface area contributed by atoms with Gasteiger partial charge in [-0.25, -0.2) is 4.99 Å². The van der Waals surface area contributed by atoms with Crippen LogP contribution in [0.3, 0.4) is 0 Å². The zero-order valence-electron chi connectivity index (χ0n) is 16.5. The fraction of sp³-hybridized carbons (Fsp3) is 0.650. The van der Waals surface area contributed by atoms with Crippen LogP contribution in [-0.4, -0.2) is 50.4 Å². The molecule has 3 rings (SSSR count). The van der Waals surface area contributed by atoms with Crippen LogP contribution < -0.4 is 20.1 Å². The number of piperidine rings is 1. The van der Waals surface area contributed by atoms with Gasteiger partial charge in [-0.3, -0.25) is 0 Å². The molecule has 0 bridgehead atoms. The SMILES string of the molecule is CCNC(=NCc1ccc2c(c1)OCO2)NCCCN1CCC(C)CC1.I. The summed E-state index contributed by atoms with van der Waals surface area (Å²) in [5.41, 5.74) is 1.12. The predicted octanol–water partition coefficient (Wildman–Crippen LogP) is 3.21. The van der Waals surface area contributed by atoms with Crippen molar-refractivity contribution < 1.29 is 9.47 Å². The lowest BCUT2D eigenvalue weighted by Crippen LogP contribution is -2.39. The monoisotopic (exact) mass is 488 g/mol. The van der Waals surface area contributed by atoms with Crippen molar-refractivity contribution in [2.45, 2.75) is 39.7 Å². The maximum Gasteiger partial charge on any atom is 0.231 e. The Hall–Kier alpha value is -1.22. The molecule has 0 unspecified atom stereocenters. The van der Waals surface area contributed by atoms with Gasteiger partial charge < -0.3 is 25.0 Å². The normalized spacial score (nSPS) is 17.5. The van der Waals surface area contributed by atoms with Gasteiger partial charge in [-0.05, 0) is 69.4 Å². The molecule has 0 amide bonds. The number of guanidine groups is 1. The summed E-state index contributed by atoms with van der Waals surface area (Å²) >= 11 is 0. The van der Waals surface area contributed by atoms with E-state index in [9.17, 15) is 0 Å². The summed E-state index contributed by atoms with van der Waals surface area (Å²) in [6, 6.07) is 6.00. The third-order valence-electron chi connectivity index (χ3n) is 5.02. The van der Waals surface area contributed by atoms with Gasteiger partial charge in [-0.15, -0.1) is 24.0 Å². The molecule has 0 spiro atoms. The largest absolute Gasteiger partial charge is 0.454 e. The van der Waals surface area contributed by atoms with Gasteiger partial charge in [0.05, 0.1) is 6.54 Å². The Morgan fingerprint density at radius 1 is 1.19 bits per heavy atom. The second kappa shape index (κ2) is 11.6. The highest BCUT2D eigenvalue weighted by Crippen LogP contribution is 2.32. The number of hydrogen-bond acceptors (Lipinski definition) is 4. The van der Waals surface area contributed by atoms with Crippen LogP contribution in [0.25, 0.3) is 0 Å². The van der Waals surface area contributed by atoms with Gasteiger partial charge in [0.25, 0.3) is 0 Å². The fourth-order valence-electron chi connectivity index (χ4n) is 3.35. The first-order valence-corrected chi connectivity index (χ1v) is 9.87. The topological polar surface area (TPSA) is 58.1 Å². The quantitative estimate of drug-likeness (QED) is 0.267. The summed E-state index contributed by atoms with van der Waals surface area (Å²) in [4.78, 5) is 7.27. The Kier molecular flexibility index (Phi) is 9.47. The molecule has 1 aromatic rings. The van der Waals surface area contributed by atoms with Crippen molar-refractivity contribution in [3.8, 4) is 11.5 Å². The lowest BCUT2D eigenvalue weighted by molar-refractivity contribution is 0.174. The highest BCUT2D eigenvalue weighted by Gasteiger charge is 2.15. The molecule has 0 radical (unpaired) electrons. The molecule has 0 atom stereocenters. The van der Waals surface area contributed by atoms with Crippen molar-refractivity contribution in [1.82, 2.24) is 15.5 Å². The Morgan fingerprint density at radius 3 is 2.74 bits per heavy atom. The summed E-state index contributed by atoms with van der Waals surface area (Å²) in [6.45, 7) is 10.8. The number of fused-ring (bicyclic) bond motifs is 1. The molecular weight excluding hydrogens is 455 g/mol. The second-order valence-electron chi connectivity index (χ2n) is 7.19. The van der Waals surface area contributed by atoms with E-state index in [1.165, 1.54) is 32.5 Å². The van der Waals surface area contributed by atoms with Gasteiger partial charge in [0.2, 0.25) is 6.79 Å². The minimum Gasteiger partial charge on any atom is -0.454 e. The lowest BCUT2D eigenvalue weighted by Gasteiger charge is -2.30. The minimum absolute atomic E-state index is 0. The van der Waals surface area contributed by atoms with E-state index in [0.717, 1.165) is 48.5 Å². The third kappa shape index (κ3) is 7.03. The predicted molar refractivity (Wildman–Crippen MR) is 120 cm³/mol. The van der Waals surface area contributed by atoms with E-state index in [4.69, 9.17) is 9.47 Å². The molecule has 0 saturated carbocycles. The first-order valence-electron chi connectivity index (χ1n) is 9.87. The average molecular weight is 488 g/mol. The fourth-order valence-corrected chi connectivity index (χ4v) is 3.35. The van der Waals surface area contributed by atoms with E-state index in [1.807, 2.05) is 18.2 Å². The van der Waals surface area contributed by atoms with Crippen LogP contribution in [0.4, 0.5) is 0 Å². The number of nitrogens with one attached hydrogen (secondary N) is 2. The van der Waals surface area contributed by atoms with Crippen LogP contribution in [0.1, 0.15) is 38.7 Å². The van der Waals surface area contributed by atoms with Gasteiger partial charge >= 0.3 is 0 Å². The molecule has 6 nitrogen and oxygen atoms in total. The molecule has 7 heteroatoms. The van der Waals surface area contributed by atoms with Crippen LogP contribution >= 0.6 is 24.0 Å². The second-order valence-corrected chi connectivity index (χ2v) is 7.19. The molecule has 152 valence electrons. The summed E-state index contributed by atoms with van der Waals surface area (Å²) in [5, 5.41) is 6.77. The van der Waals surface area contributed by atoms with Crippen LogP contribution in [0, 0.1) is 5.92 Å². The van der Waals surface area contributed by atoms with Gasteiger partial charge in [0.1, 0.15) is 0 Å². The zero-order valence-corrected chi connectivity index (χ0v) is 18.8. The average Bonchev–Trinajstić information content (AvgIpc) is 3.12.